The summed E-state index contributed by atoms with van der Waals surface area (Å²) in [6, 6.07) is 0. The molecule has 4 heteroatoms. The number of hydrogen-bond donors (Lipinski definition) is 1. The third-order valence-corrected chi connectivity index (χ3v) is 2.07. The zero-order valence-electron chi connectivity index (χ0n) is 9.66. The van der Waals surface area contributed by atoms with Gasteiger partial charge in [0.1, 0.15) is 0 Å². The van der Waals surface area contributed by atoms with Gasteiger partial charge in [-0.1, -0.05) is 13.8 Å². The second kappa shape index (κ2) is 5.66. The number of hydrogen-bond acceptors (Lipinski definition) is 3. The molecule has 0 fully saturated rings. The summed E-state index contributed by atoms with van der Waals surface area (Å²) in [5.74, 6) is 0.636. The molecule has 0 aliphatic heterocycles. The second-order valence-corrected chi connectivity index (χ2v) is 4.21. The molecule has 0 aromatic carbocycles. The van der Waals surface area contributed by atoms with Crippen molar-refractivity contribution in [3.63, 3.8) is 0 Å². The van der Waals surface area contributed by atoms with E-state index in [1.807, 2.05) is 13.1 Å². The van der Waals surface area contributed by atoms with Gasteiger partial charge in [-0.05, 0) is 24.9 Å². The summed E-state index contributed by atoms with van der Waals surface area (Å²) < 4.78 is 1.64. The summed E-state index contributed by atoms with van der Waals surface area (Å²) in [5.41, 5.74) is 0.838. The van der Waals surface area contributed by atoms with E-state index in [0.717, 1.165) is 18.7 Å². The number of nitrogens with one attached hydrogen (secondary N) is 1. The molecule has 0 saturated carbocycles. The molecular formula is C11H19N3O. The third kappa shape index (κ3) is 4.25. The molecule has 0 aliphatic carbocycles. The number of aromatic nitrogens is 2. The molecule has 0 atom stereocenters. The third-order valence-electron chi connectivity index (χ3n) is 2.07. The lowest BCUT2D eigenvalue weighted by molar-refractivity contribution is 0.516. The molecule has 0 radical (unpaired) electrons. The van der Waals surface area contributed by atoms with Crippen LogP contribution in [0.2, 0.25) is 0 Å². The van der Waals surface area contributed by atoms with Gasteiger partial charge in [-0.25, -0.2) is 9.78 Å². The summed E-state index contributed by atoms with van der Waals surface area (Å²) in [6.07, 6.45) is 3.44. The average molecular weight is 209 g/mol. The molecule has 1 aromatic heterocycles. The van der Waals surface area contributed by atoms with Crippen LogP contribution in [0, 0.1) is 12.8 Å². The SMILES string of the molecule is Cc1cnc(=O)n(CCNCC(C)C)c1. The van der Waals surface area contributed by atoms with Crippen molar-refractivity contribution in [3.8, 4) is 0 Å². The van der Waals surface area contributed by atoms with E-state index in [1.165, 1.54) is 0 Å². The molecular weight excluding hydrogens is 190 g/mol. The van der Waals surface area contributed by atoms with Crippen LogP contribution < -0.4 is 11.0 Å². The smallest absolute Gasteiger partial charge is 0.315 e. The van der Waals surface area contributed by atoms with Gasteiger partial charge in [0, 0.05) is 25.5 Å². The van der Waals surface area contributed by atoms with Crippen LogP contribution in [0.1, 0.15) is 19.4 Å². The molecule has 1 N–H and O–H groups in total. The molecule has 84 valence electrons. The quantitative estimate of drug-likeness (QED) is 0.730. The van der Waals surface area contributed by atoms with Crippen LogP contribution in [-0.4, -0.2) is 22.6 Å². The topological polar surface area (TPSA) is 46.9 Å². The lowest BCUT2D eigenvalue weighted by Gasteiger charge is -2.08. The van der Waals surface area contributed by atoms with E-state index in [4.69, 9.17) is 0 Å². The first-order chi connectivity index (χ1) is 7.09. The van der Waals surface area contributed by atoms with E-state index >= 15 is 0 Å². The Morgan fingerprint density at radius 3 is 2.93 bits per heavy atom. The van der Waals surface area contributed by atoms with Crippen LogP contribution in [0.5, 0.6) is 0 Å². The maximum absolute atomic E-state index is 11.3. The van der Waals surface area contributed by atoms with Crippen molar-refractivity contribution in [2.75, 3.05) is 13.1 Å². The van der Waals surface area contributed by atoms with Crippen molar-refractivity contribution in [3.05, 3.63) is 28.4 Å². The predicted octanol–water partition coefficient (Wildman–Crippen LogP) is 0.797. The van der Waals surface area contributed by atoms with Gasteiger partial charge in [0.05, 0.1) is 0 Å². The fourth-order valence-electron chi connectivity index (χ4n) is 1.32. The molecule has 0 aliphatic rings. The van der Waals surface area contributed by atoms with Gasteiger partial charge < -0.3 is 5.32 Å². The van der Waals surface area contributed by atoms with E-state index in [9.17, 15) is 4.79 Å². The van der Waals surface area contributed by atoms with E-state index in [-0.39, 0.29) is 5.69 Å². The summed E-state index contributed by atoms with van der Waals surface area (Å²) in [4.78, 5) is 15.1. The molecule has 0 amide bonds. The summed E-state index contributed by atoms with van der Waals surface area (Å²) >= 11 is 0. The van der Waals surface area contributed by atoms with E-state index in [1.54, 1.807) is 10.8 Å². The fourth-order valence-corrected chi connectivity index (χ4v) is 1.32. The normalized spacial score (nSPS) is 10.9. The summed E-state index contributed by atoms with van der Waals surface area (Å²) in [5, 5.41) is 3.29. The number of aryl methyl sites for hydroxylation is 1. The number of nitrogens with zero attached hydrogens (tertiary/aromatic N) is 2. The first kappa shape index (κ1) is 11.9. The Labute approximate surface area is 90.3 Å². The molecule has 15 heavy (non-hydrogen) atoms. The Hall–Kier alpha value is -1.16. The van der Waals surface area contributed by atoms with Crippen molar-refractivity contribution < 1.29 is 0 Å². The van der Waals surface area contributed by atoms with E-state index in [2.05, 4.69) is 24.1 Å². The molecule has 4 nitrogen and oxygen atoms in total. The summed E-state index contributed by atoms with van der Waals surface area (Å²) in [7, 11) is 0. The van der Waals surface area contributed by atoms with Crippen molar-refractivity contribution in [1.29, 1.82) is 0 Å². The lowest BCUT2D eigenvalue weighted by atomic mass is 10.2. The molecule has 1 rings (SSSR count). The van der Waals surface area contributed by atoms with Gasteiger partial charge in [0.15, 0.2) is 0 Å². The van der Waals surface area contributed by atoms with Crippen LogP contribution in [0.3, 0.4) is 0 Å². The zero-order valence-corrected chi connectivity index (χ0v) is 9.66. The Morgan fingerprint density at radius 2 is 2.27 bits per heavy atom. The minimum atomic E-state index is -0.174. The minimum Gasteiger partial charge on any atom is -0.315 e. The van der Waals surface area contributed by atoms with Crippen molar-refractivity contribution in [1.82, 2.24) is 14.9 Å². The first-order valence-corrected chi connectivity index (χ1v) is 5.33. The average Bonchev–Trinajstić information content (AvgIpc) is 2.17. The highest BCUT2D eigenvalue weighted by Crippen LogP contribution is 1.90. The van der Waals surface area contributed by atoms with Gasteiger partial charge in [-0.3, -0.25) is 4.57 Å². The van der Waals surface area contributed by atoms with Crippen LogP contribution in [0.4, 0.5) is 0 Å². The molecule has 0 saturated heterocycles. The van der Waals surface area contributed by atoms with Crippen LogP contribution in [-0.2, 0) is 6.54 Å². The Morgan fingerprint density at radius 1 is 1.53 bits per heavy atom. The predicted molar refractivity (Wildman–Crippen MR) is 60.9 cm³/mol. The van der Waals surface area contributed by atoms with E-state index in [0.29, 0.717) is 12.5 Å². The maximum Gasteiger partial charge on any atom is 0.347 e. The first-order valence-electron chi connectivity index (χ1n) is 5.33. The minimum absolute atomic E-state index is 0.174. The Balaban J connectivity index is 2.43. The second-order valence-electron chi connectivity index (χ2n) is 4.21. The maximum atomic E-state index is 11.3. The van der Waals surface area contributed by atoms with Gasteiger partial charge in [-0.2, -0.15) is 0 Å². The van der Waals surface area contributed by atoms with Gasteiger partial charge in [0.2, 0.25) is 0 Å². The zero-order chi connectivity index (χ0) is 11.3. The standard InChI is InChI=1S/C11H19N3O/c1-9(2)6-12-4-5-14-8-10(3)7-13-11(14)15/h7-9,12H,4-6H2,1-3H3. The van der Waals surface area contributed by atoms with Crippen LogP contribution in [0.15, 0.2) is 17.2 Å². The van der Waals surface area contributed by atoms with Crippen molar-refractivity contribution >= 4 is 0 Å². The van der Waals surface area contributed by atoms with Crippen molar-refractivity contribution in [2.45, 2.75) is 27.3 Å². The largest absolute Gasteiger partial charge is 0.347 e. The highest BCUT2D eigenvalue weighted by atomic mass is 16.1. The van der Waals surface area contributed by atoms with Gasteiger partial charge >= 0.3 is 5.69 Å². The molecule has 0 bridgehead atoms. The highest BCUT2D eigenvalue weighted by Gasteiger charge is 1.97. The lowest BCUT2D eigenvalue weighted by Crippen LogP contribution is -2.29. The Bertz CT molecular complexity index is 357. The van der Waals surface area contributed by atoms with Gasteiger partial charge in [0.25, 0.3) is 0 Å². The highest BCUT2D eigenvalue weighted by molar-refractivity contribution is 4.99. The van der Waals surface area contributed by atoms with Crippen molar-refractivity contribution in [2.24, 2.45) is 5.92 Å². The Kier molecular flexibility index (Phi) is 4.49. The van der Waals surface area contributed by atoms with Gasteiger partial charge in [-0.15, -0.1) is 0 Å². The molecule has 1 heterocycles. The van der Waals surface area contributed by atoms with Crippen LogP contribution in [0.25, 0.3) is 0 Å². The summed E-state index contributed by atoms with van der Waals surface area (Å²) in [6.45, 7) is 8.72. The van der Waals surface area contributed by atoms with Crippen LogP contribution >= 0.6 is 0 Å². The molecule has 1 aromatic rings. The molecule has 0 spiro atoms. The molecule has 0 unspecified atom stereocenters. The monoisotopic (exact) mass is 209 g/mol. The number of rotatable bonds is 5. The fraction of sp³-hybridized carbons (Fsp3) is 0.636. The van der Waals surface area contributed by atoms with E-state index < -0.39 is 0 Å².